The summed E-state index contributed by atoms with van der Waals surface area (Å²) in [5.74, 6) is -0.499. The molecular weight excluding hydrogens is 436 g/mol. The van der Waals surface area contributed by atoms with Crippen LogP contribution in [0.3, 0.4) is 0 Å². The van der Waals surface area contributed by atoms with Gasteiger partial charge in [0.15, 0.2) is 18.5 Å². The van der Waals surface area contributed by atoms with Gasteiger partial charge in [-0.05, 0) is 6.42 Å². The van der Waals surface area contributed by atoms with Crippen LogP contribution in [0, 0.1) is 0 Å². The van der Waals surface area contributed by atoms with Gasteiger partial charge in [-0.1, -0.05) is 0 Å². The van der Waals surface area contributed by atoms with E-state index < -0.39 is 73.9 Å². The highest BCUT2D eigenvalue weighted by atomic mass is 16.8. The van der Waals surface area contributed by atoms with Crippen LogP contribution in [0.15, 0.2) is 4.99 Å². The van der Waals surface area contributed by atoms with E-state index in [2.05, 4.69) is 10.3 Å². The minimum atomic E-state index is -1.77. The SMILES string of the molecule is NC(N)=NCCCC(=O)NC[C@H]1O[C@H](O[C@H]2O[C@H](CO)[C@@H](O)[C@H](O)[C@H]2O)[C@H](O)[C@@H](O)[C@@H]1O. The number of aliphatic hydroxyl groups is 7. The Balaban J connectivity index is 1.93. The number of aliphatic imine (C=N–C) groups is 1. The lowest BCUT2D eigenvalue weighted by Gasteiger charge is -2.44. The maximum absolute atomic E-state index is 11.9. The van der Waals surface area contributed by atoms with E-state index in [1.165, 1.54) is 0 Å². The van der Waals surface area contributed by atoms with E-state index in [9.17, 15) is 40.5 Å². The smallest absolute Gasteiger partial charge is 0.220 e. The fraction of sp³-hybridized carbons (Fsp3) is 0.882. The number of aliphatic hydroxyl groups excluding tert-OH is 7. The molecular formula is C17H32N4O11. The summed E-state index contributed by atoms with van der Waals surface area (Å²) in [7, 11) is 0. The van der Waals surface area contributed by atoms with Crippen LogP contribution < -0.4 is 16.8 Å². The molecule has 0 saturated carbocycles. The third-order valence-electron chi connectivity index (χ3n) is 5.14. The molecule has 0 bridgehead atoms. The van der Waals surface area contributed by atoms with Gasteiger partial charge in [-0.25, -0.2) is 0 Å². The lowest BCUT2D eigenvalue weighted by molar-refractivity contribution is -0.374. The summed E-state index contributed by atoms with van der Waals surface area (Å²) in [5.41, 5.74) is 10.4. The average molecular weight is 468 g/mol. The number of nitrogens with one attached hydrogen (secondary N) is 1. The Morgan fingerprint density at radius 2 is 1.41 bits per heavy atom. The van der Waals surface area contributed by atoms with Crippen LogP contribution in [-0.2, 0) is 19.0 Å². The molecule has 15 heteroatoms. The molecule has 0 aromatic carbocycles. The fourth-order valence-corrected chi connectivity index (χ4v) is 3.26. The molecule has 10 atom stereocenters. The highest BCUT2D eigenvalue weighted by Gasteiger charge is 2.49. The summed E-state index contributed by atoms with van der Waals surface area (Å²) < 4.78 is 15.9. The predicted molar refractivity (Wildman–Crippen MR) is 104 cm³/mol. The largest absolute Gasteiger partial charge is 0.394 e. The van der Waals surface area contributed by atoms with Crippen molar-refractivity contribution in [3.63, 3.8) is 0 Å². The molecule has 32 heavy (non-hydrogen) atoms. The predicted octanol–water partition coefficient (Wildman–Crippen LogP) is -6.22. The molecule has 2 aliphatic rings. The van der Waals surface area contributed by atoms with Crippen molar-refractivity contribution in [2.75, 3.05) is 19.7 Å². The lowest BCUT2D eigenvalue weighted by Crippen LogP contribution is -2.64. The van der Waals surface area contributed by atoms with Gasteiger partial charge in [0.05, 0.1) is 6.61 Å². The van der Waals surface area contributed by atoms with Gasteiger partial charge in [-0.3, -0.25) is 9.79 Å². The van der Waals surface area contributed by atoms with Gasteiger partial charge in [0, 0.05) is 19.5 Å². The lowest BCUT2D eigenvalue weighted by atomic mass is 9.98. The molecule has 0 aromatic rings. The number of rotatable bonds is 9. The van der Waals surface area contributed by atoms with Gasteiger partial charge in [-0.2, -0.15) is 0 Å². The van der Waals surface area contributed by atoms with Gasteiger partial charge in [0.1, 0.15) is 48.8 Å². The third-order valence-corrected chi connectivity index (χ3v) is 5.14. The van der Waals surface area contributed by atoms with E-state index in [0.29, 0.717) is 6.42 Å². The summed E-state index contributed by atoms with van der Waals surface area (Å²) in [6, 6.07) is 0. The van der Waals surface area contributed by atoms with E-state index in [1.54, 1.807) is 0 Å². The maximum Gasteiger partial charge on any atom is 0.220 e. The number of carbonyl (C=O) groups excluding carboxylic acids is 1. The Bertz CT molecular complexity index is 636. The maximum atomic E-state index is 11.9. The van der Waals surface area contributed by atoms with E-state index in [-0.39, 0.29) is 25.5 Å². The normalized spacial score (nSPS) is 40.0. The number of carbonyl (C=O) groups is 1. The molecule has 2 heterocycles. The third kappa shape index (κ3) is 6.67. The molecule has 0 unspecified atom stereocenters. The van der Waals surface area contributed by atoms with Gasteiger partial charge >= 0.3 is 0 Å². The first-order valence-corrected chi connectivity index (χ1v) is 10.0. The highest BCUT2D eigenvalue weighted by molar-refractivity contribution is 5.76. The molecule has 1 amide bonds. The molecule has 186 valence electrons. The van der Waals surface area contributed by atoms with Crippen molar-refractivity contribution in [1.29, 1.82) is 0 Å². The zero-order chi connectivity index (χ0) is 24.0. The van der Waals surface area contributed by atoms with Gasteiger partial charge in [-0.15, -0.1) is 0 Å². The number of hydrogen-bond acceptors (Lipinski definition) is 12. The summed E-state index contributed by atoms with van der Waals surface area (Å²) >= 11 is 0. The zero-order valence-corrected chi connectivity index (χ0v) is 17.2. The molecule has 2 aliphatic heterocycles. The topological polar surface area (TPSA) is 263 Å². The van der Waals surface area contributed by atoms with Crippen LogP contribution in [0.5, 0.6) is 0 Å². The van der Waals surface area contributed by atoms with Crippen molar-refractivity contribution in [2.24, 2.45) is 16.5 Å². The Hall–Kier alpha value is -1.66. The fourth-order valence-electron chi connectivity index (χ4n) is 3.26. The van der Waals surface area contributed by atoms with Crippen molar-refractivity contribution in [2.45, 2.75) is 74.3 Å². The number of hydrogen-bond donors (Lipinski definition) is 10. The van der Waals surface area contributed by atoms with Crippen molar-refractivity contribution >= 4 is 11.9 Å². The summed E-state index contributed by atoms with van der Waals surface area (Å²) in [5, 5.41) is 71.9. The quantitative estimate of drug-likeness (QED) is 0.0858. The van der Waals surface area contributed by atoms with Crippen LogP contribution in [-0.4, -0.2) is 129 Å². The number of nitrogens with zero attached hydrogens (tertiary/aromatic N) is 1. The number of amides is 1. The molecule has 0 aliphatic carbocycles. The molecule has 12 N–H and O–H groups in total. The average Bonchev–Trinajstić information content (AvgIpc) is 2.76. The Labute approximate surface area is 183 Å². The first-order chi connectivity index (χ1) is 15.1. The van der Waals surface area contributed by atoms with Gasteiger partial charge in [0.25, 0.3) is 0 Å². The molecule has 2 saturated heterocycles. The summed E-state index contributed by atoms with van der Waals surface area (Å²) in [6.07, 6.45) is -15.5. The molecule has 2 rings (SSSR count). The van der Waals surface area contributed by atoms with Crippen molar-refractivity contribution in [3.05, 3.63) is 0 Å². The van der Waals surface area contributed by atoms with Gasteiger partial charge in [0.2, 0.25) is 5.91 Å². The number of guanidine groups is 1. The monoisotopic (exact) mass is 468 g/mol. The highest BCUT2D eigenvalue weighted by Crippen LogP contribution is 2.28. The Morgan fingerprint density at radius 3 is 1.94 bits per heavy atom. The summed E-state index contributed by atoms with van der Waals surface area (Å²) in [4.78, 5) is 15.7. The van der Waals surface area contributed by atoms with Crippen molar-refractivity contribution < 1.29 is 54.8 Å². The summed E-state index contributed by atoms with van der Waals surface area (Å²) in [6.45, 7) is -0.698. The first-order valence-electron chi connectivity index (χ1n) is 10.0. The molecule has 0 spiro atoms. The van der Waals surface area contributed by atoms with Crippen LogP contribution in [0.2, 0.25) is 0 Å². The second-order valence-corrected chi connectivity index (χ2v) is 7.56. The zero-order valence-electron chi connectivity index (χ0n) is 17.2. The minimum Gasteiger partial charge on any atom is -0.394 e. The van der Waals surface area contributed by atoms with Crippen molar-refractivity contribution in [3.8, 4) is 0 Å². The Morgan fingerprint density at radius 1 is 0.875 bits per heavy atom. The molecule has 2 fully saturated rings. The number of nitrogens with two attached hydrogens (primary N) is 2. The van der Waals surface area contributed by atoms with E-state index in [1.807, 2.05) is 0 Å². The van der Waals surface area contributed by atoms with Crippen LogP contribution in [0.25, 0.3) is 0 Å². The van der Waals surface area contributed by atoms with Gasteiger partial charge < -0.3 is 66.7 Å². The minimum absolute atomic E-state index is 0.0789. The van der Waals surface area contributed by atoms with Crippen molar-refractivity contribution in [1.82, 2.24) is 5.32 Å². The van der Waals surface area contributed by atoms with Crippen LogP contribution in [0.1, 0.15) is 12.8 Å². The second kappa shape index (κ2) is 12.0. The van der Waals surface area contributed by atoms with Crippen LogP contribution in [0.4, 0.5) is 0 Å². The van der Waals surface area contributed by atoms with E-state index >= 15 is 0 Å². The first kappa shape index (κ1) is 26.6. The van der Waals surface area contributed by atoms with Crippen LogP contribution >= 0.6 is 0 Å². The molecule has 15 nitrogen and oxygen atoms in total. The molecule has 0 aromatic heterocycles. The van der Waals surface area contributed by atoms with E-state index in [4.69, 9.17) is 25.7 Å². The standard InChI is InChI=1S/C17H32N4O11/c18-17(19)20-3-1-2-8(23)21-4-6-9(24)11(26)13(28)15(30-6)32-16-14(29)12(27)10(25)7(5-22)31-16/h6-7,9-16,22,24-29H,1-5H2,(H,21,23)(H4,18,19,20)/t6-,7-,9-,10-,11+,12+,13-,14-,15-,16-/m1/s1. The molecule has 0 radical (unpaired) electrons. The Kier molecular flexibility index (Phi) is 9.96. The van der Waals surface area contributed by atoms with E-state index in [0.717, 1.165) is 0 Å². The number of ether oxygens (including phenoxy) is 3. The second-order valence-electron chi connectivity index (χ2n) is 7.56.